The number of hydrogen-bond acceptors (Lipinski definition) is 2. The minimum Gasteiger partial charge on any atom is -0.490 e. The van der Waals surface area contributed by atoms with Crippen molar-refractivity contribution < 1.29 is 17.9 Å². The van der Waals surface area contributed by atoms with Crippen LogP contribution in [0, 0.1) is 0 Å². The highest BCUT2D eigenvalue weighted by Crippen LogP contribution is 2.33. The molecule has 1 aromatic heterocycles. The second kappa shape index (κ2) is 5.63. The lowest BCUT2D eigenvalue weighted by Crippen LogP contribution is -2.14. The zero-order valence-corrected chi connectivity index (χ0v) is 11.5. The van der Waals surface area contributed by atoms with Gasteiger partial charge in [0, 0.05) is 11.6 Å². The van der Waals surface area contributed by atoms with Gasteiger partial charge in [0.15, 0.2) is 0 Å². The van der Waals surface area contributed by atoms with Crippen LogP contribution < -0.4 is 10.3 Å². The van der Waals surface area contributed by atoms with Crippen LogP contribution in [-0.2, 0) is 6.18 Å². The highest BCUT2D eigenvalue weighted by Gasteiger charge is 2.31. The standard InChI is InChI=1S/C15H14F3NO2/c1-9(2)21-13-6-4-3-5-11(13)12-7-10(15(16,17)18)8-14(20)19-12/h3-9H,1-2H3,(H,19,20). The monoisotopic (exact) mass is 297 g/mol. The number of benzene rings is 1. The van der Waals surface area contributed by atoms with Crippen molar-refractivity contribution in [3.8, 4) is 17.0 Å². The Hall–Kier alpha value is -2.24. The van der Waals surface area contributed by atoms with Gasteiger partial charge in [0.2, 0.25) is 5.56 Å². The van der Waals surface area contributed by atoms with Gasteiger partial charge in [-0.1, -0.05) is 12.1 Å². The molecule has 0 atom stereocenters. The van der Waals surface area contributed by atoms with E-state index in [0.717, 1.165) is 6.07 Å². The summed E-state index contributed by atoms with van der Waals surface area (Å²) in [6.45, 7) is 3.62. The van der Waals surface area contributed by atoms with Crippen molar-refractivity contribution in [2.75, 3.05) is 0 Å². The van der Waals surface area contributed by atoms with Gasteiger partial charge in [0.25, 0.3) is 0 Å². The lowest BCUT2D eigenvalue weighted by Gasteiger charge is -2.15. The summed E-state index contributed by atoms with van der Waals surface area (Å²) in [5.74, 6) is 0.419. The maximum absolute atomic E-state index is 12.8. The van der Waals surface area contributed by atoms with E-state index < -0.39 is 17.3 Å². The van der Waals surface area contributed by atoms with Crippen molar-refractivity contribution in [1.29, 1.82) is 0 Å². The number of pyridine rings is 1. The molecule has 21 heavy (non-hydrogen) atoms. The molecular formula is C15H14F3NO2. The maximum Gasteiger partial charge on any atom is 0.416 e. The SMILES string of the molecule is CC(C)Oc1ccccc1-c1cc(C(F)(F)F)cc(=O)[nH]1. The number of H-pyrrole nitrogens is 1. The van der Waals surface area contributed by atoms with Crippen molar-refractivity contribution in [3.05, 3.63) is 52.3 Å². The molecule has 0 fully saturated rings. The fraction of sp³-hybridized carbons (Fsp3) is 0.267. The zero-order chi connectivity index (χ0) is 15.6. The zero-order valence-electron chi connectivity index (χ0n) is 11.5. The normalized spacial score (nSPS) is 11.7. The smallest absolute Gasteiger partial charge is 0.416 e. The second-order valence-electron chi connectivity index (χ2n) is 4.81. The van der Waals surface area contributed by atoms with Gasteiger partial charge in [0.1, 0.15) is 5.75 Å². The summed E-state index contributed by atoms with van der Waals surface area (Å²) in [6.07, 6.45) is -4.71. The van der Waals surface area contributed by atoms with E-state index in [1.165, 1.54) is 0 Å². The van der Waals surface area contributed by atoms with Crippen molar-refractivity contribution >= 4 is 0 Å². The minimum absolute atomic E-state index is 0.0751. The molecule has 0 aliphatic heterocycles. The molecule has 0 radical (unpaired) electrons. The van der Waals surface area contributed by atoms with Gasteiger partial charge in [-0.3, -0.25) is 4.79 Å². The predicted octanol–water partition coefficient (Wildman–Crippen LogP) is 3.85. The molecule has 0 aliphatic carbocycles. The van der Waals surface area contributed by atoms with Crippen LogP contribution in [0.4, 0.5) is 13.2 Å². The Morgan fingerprint density at radius 2 is 1.81 bits per heavy atom. The Labute approximate surface area is 119 Å². The average molecular weight is 297 g/mol. The third-order valence-corrected chi connectivity index (χ3v) is 2.71. The molecular weight excluding hydrogens is 283 g/mol. The molecule has 0 amide bonds. The van der Waals surface area contributed by atoms with Gasteiger partial charge in [-0.05, 0) is 32.0 Å². The highest BCUT2D eigenvalue weighted by molar-refractivity contribution is 5.67. The quantitative estimate of drug-likeness (QED) is 0.935. The van der Waals surface area contributed by atoms with E-state index in [-0.39, 0.29) is 11.8 Å². The van der Waals surface area contributed by atoms with Crippen LogP contribution >= 0.6 is 0 Å². The molecule has 0 saturated carbocycles. The van der Waals surface area contributed by atoms with E-state index in [4.69, 9.17) is 4.74 Å². The number of aromatic amines is 1. The molecule has 6 heteroatoms. The fourth-order valence-electron chi connectivity index (χ4n) is 1.90. The largest absolute Gasteiger partial charge is 0.490 e. The first kappa shape index (κ1) is 15.2. The summed E-state index contributed by atoms with van der Waals surface area (Å²) >= 11 is 0. The third kappa shape index (κ3) is 3.65. The number of halogens is 3. The average Bonchev–Trinajstić information content (AvgIpc) is 2.37. The van der Waals surface area contributed by atoms with Gasteiger partial charge in [-0.15, -0.1) is 0 Å². The van der Waals surface area contributed by atoms with E-state index >= 15 is 0 Å². The molecule has 0 saturated heterocycles. The summed E-state index contributed by atoms with van der Waals surface area (Å²) in [5.41, 5.74) is -1.31. The second-order valence-corrected chi connectivity index (χ2v) is 4.81. The van der Waals surface area contributed by atoms with Gasteiger partial charge in [-0.25, -0.2) is 0 Å². The molecule has 3 nitrogen and oxygen atoms in total. The van der Waals surface area contributed by atoms with E-state index in [0.29, 0.717) is 17.4 Å². The number of aromatic nitrogens is 1. The van der Waals surface area contributed by atoms with Crippen LogP contribution in [-0.4, -0.2) is 11.1 Å². The van der Waals surface area contributed by atoms with Gasteiger partial charge in [-0.2, -0.15) is 13.2 Å². The van der Waals surface area contributed by atoms with Crippen LogP contribution in [0.5, 0.6) is 5.75 Å². The number of alkyl halides is 3. The summed E-state index contributed by atoms with van der Waals surface area (Å²) in [7, 11) is 0. The van der Waals surface area contributed by atoms with Crippen LogP contribution in [0.15, 0.2) is 41.2 Å². The van der Waals surface area contributed by atoms with Crippen molar-refractivity contribution in [1.82, 2.24) is 4.98 Å². The van der Waals surface area contributed by atoms with Gasteiger partial charge >= 0.3 is 6.18 Å². The third-order valence-electron chi connectivity index (χ3n) is 2.71. The van der Waals surface area contributed by atoms with Crippen LogP contribution in [0.25, 0.3) is 11.3 Å². The lowest BCUT2D eigenvalue weighted by molar-refractivity contribution is -0.137. The first-order valence-electron chi connectivity index (χ1n) is 6.35. The van der Waals surface area contributed by atoms with Crippen LogP contribution in [0.3, 0.4) is 0 Å². The Balaban J connectivity index is 2.57. The molecule has 1 N–H and O–H groups in total. The Bertz CT molecular complexity index is 690. The van der Waals surface area contributed by atoms with Crippen LogP contribution in [0.2, 0.25) is 0 Å². The molecule has 0 bridgehead atoms. The Morgan fingerprint density at radius 1 is 1.14 bits per heavy atom. The number of rotatable bonds is 3. The molecule has 0 aliphatic rings. The van der Waals surface area contributed by atoms with E-state index in [2.05, 4.69) is 4.98 Å². The molecule has 0 unspecified atom stereocenters. The Kier molecular flexibility index (Phi) is 4.06. The van der Waals surface area contributed by atoms with Gasteiger partial charge in [0.05, 0.1) is 17.4 Å². The molecule has 2 aromatic rings. The van der Waals surface area contributed by atoms with Crippen molar-refractivity contribution in [2.24, 2.45) is 0 Å². The first-order chi connectivity index (χ1) is 9.77. The number of ether oxygens (including phenoxy) is 1. The predicted molar refractivity (Wildman–Crippen MR) is 73.3 cm³/mol. The topological polar surface area (TPSA) is 42.1 Å². The fourth-order valence-corrected chi connectivity index (χ4v) is 1.90. The molecule has 2 rings (SSSR count). The van der Waals surface area contributed by atoms with Crippen LogP contribution in [0.1, 0.15) is 19.4 Å². The summed E-state index contributed by atoms with van der Waals surface area (Å²) < 4.78 is 43.9. The van der Waals surface area contributed by atoms with Gasteiger partial charge < -0.3 is 9.72 Å². The molecule has 1 heterocycles. The molecule has 0 spiro atoms. The molecule has 112 valence electrons. The maximum atomic E-state index is 12.8. The summed E-state index contributed by atoms with van der Waals surface area (Å²) in [4.78, 5) is 13.9. The van der Waals surface area contributed by atoms with Crippen molar-refractivity contribution in [2.45, 2.75) is 26.1 Å². The first-order valence-corrected chi connectivity index (χ1v) is 6.35. The Morgan fingerprint density at radius 3 is 2.43 bits per heavy atom. The highest BCUT2D eigenvalue weighted by atomic mass is 19.4. The summed E-state index contributed by atoms with van der Waals surface area (Å²) in [6, 6.07) is 8.07. The number of nitrogens with one attached hydrogen (secondary N) is 1. The summed E-state index contributed by atoms with van der Waals surface area (Å²) in [5, 5.41) is 0. The van der Waals surface area contributed by atoms with Crippen molar-refractivity contribution in [3.63, 3.8) is 0 Å². The van der Waals surface area contributed by atoms with E-state index in [1.54, 1.807) is 24.3 Å². The lowest BCUT2D eigenvalue weighted by atomic mass is 10.1. The number of para-hydroxylation sites is 1. The minimum atomic E-state index is -4.57. The molecule has 1 aromatic carbocycles. The number of hydrogen-bond donors (Lipinski definition) is 1. The van der Waals surface area contributed by atoms with E-state index in [1.807, 2.05) is 13.8 Å². The van der Waals surface area contributed by atoms with E-state index in [9.17, 15) is 18.0 Å².